The summed E-state index contributed by atoms with van der Waals surface area (Å²) in [4.78, 5) is 17.0. The van der Waals surface area contributed by atoms with E-state index >= 15 is 0 Å². The predicted molar refractivity (Wildman–Crippen MR) is 84.5 cm³/mol. The maximum atomic E-state index is 12.1. The molecule has 0 radical (unpaired) electrons. The molecule has 2 unspecified atom stereocenters. The van der Waals surface area contributed by atoms with Crippen LogP contribution in [0.5, 0.6) is 0 Å². The summed E-state index contributed by atoms with van der Waals surface area (Å²) in [6.07, 6.45) is 6.97. The summed E-state index contributed by atoms with van der Waals surface area (Å²) in [7, 11) is 0. The third-order valence-corrected chi connectivity index (χ3v) is 5.13. The second-order valence-electron chi connectivity index (χ2n) is 7.58. The monoisotopic (exact) mass is 289 g/mol. The highest BCUT2D eigenvalue weighted by molar-refractivity contribution is 5.88. The van der Waals surface area contributed by atoms with Crippen molar-refractivity contribution in [1.82, 2.24) is 9.80 Å². The number of hydrogen-bond donors (Lipinski definition) is 1. The number of allylic oxidation sites excluding steroid dienone is 2. The molecule has 0 aromatic carbocycles. The molecule has 0 aromatic heterocycles. The molecule has 1 saturated heterocycles. The number of fused-ring (bicyclic) bond motifs is 1. The van der Waals surface area contributed by atoms with Crippen LogP contribution in [0.3, 0.4) is 0 Å². The number of piperidine rings is 1. The van der Waals surface area contributed by atoms with Gasteiger partial charge in [-0.3, -0.25) is 9.69 Å². The van der Waals surface area contributed by atoms with Gasteiger partial charge in [0.1, 0.15) is 5.78 Å². The summed E-state index contributed by atoms with van der Waals surface area (Å²) < 4.78 is 0. The average molecular weight is 289 g/mol. The molecule has 2 aliphatic heterocycles. The summed E-state index contributed by atoms with van der Waals surface area (Å²) in [5, 5.41) is 0. The SMILES string of the molecule is CC(C)(C)N1CCCC(N2C=C3C(N)=CCC(=O)C3C2)C1. The summed E-state index contributed by atoms with van der Waals surface area (Å²) >= 11 is 0. The van der Waals surface area contributed by atoms with E-state index in [4.69, 9.17) is 5.73 Å². The first kappa shape index (κ1) is 14.6. The zero-order chi connectivity index (χ0) is 15.2. The fraction of sp³-hybridized carbons (Fsp3) is 0.706. The van der Waals surface area contributed by atoms with Crippen LogP contribution in [0.2, 0.25) is 0 Å². The maximum Gasteiger partial charge on any atom is 0.146 e. The van der Waals surface area contributed by atoms with Gasteiger partial charge >= 0.3 is 0 Å². The van der Waals surface area contributed by atoms with Crippen LogP contribution in [0, 0.1) is 5.92 Å². The smallest absolute Gasteiger partial charge is 0.146 e. The number of carbonyl (C=O) groups is 1. The van der Waals surface area contributed by atoms with Crippen molar-refractivity contribution in [3.05, 3.63) is 23.5 Å². The number of carbonyl (C=O) groups excluding carboxylic acids is 1. The molecule has 21 heavy (non-hydrogen) atoms. The van der Waals surface area contributed by atoms with Gasteiger partial charge in [-0.2, -0.15) is 0 Å². The normalized spacial score (nSPS) is 31.0. The molecule has 3 rings (SSSR count). The molecular weight excluding hydrogens is 262 g/mol. The number of Topliss-reactive ketones (excluding diaryl/α,β-unsaturated/α-hetero) is 1. The van der Waals surface area contributed by atoms with Gasteiger partial charge in [0.2, 0.25) is 0 Å². The Morgan fingerprint density at radius 3 is 2.71 bits per heavy atom. The van der Waals surface area contributed by atoms with Gasteiger partial charge in [0.25, 0.3) is 0 Å². The van der Waals surface area contributed by atoms with Crippen LogP contribution in [-0.4, -0.2) is 46.8 Å². The Morgan fingerprint density at radius 2 is 2.05 bits per heavy atom. The molecule has 2 atom stereocenters. The van der Waals surface area contributed by atoms with Crippen LogP contribution in [0.25, 0.3) is 0 Å². The van der Waals surface area contributed by atoms with Gasteiger partial charge in [0.15, 0.2) is 0 Å². The maximum absolute atomic E-state index is 12.1. The van der Waals surface area contributed by atoms with Gasteiger partial charge in [0.05, 0.1) is 5.92 Å². The lowest BCUT2D eigenvalue weighted by Gasteiger charge is -2.44. The third-order valence-electron chi connectivity index (χ3n) is 5.13. The van der Waals surface area contributed by atoms with Crippen molar-refractivity contribution < 1.29 is 4.79 Å². The average Bonchev–Trinajstić information content (AvgIpc) is 2.89. The second-order valence-corrected chi connectivity index (χ2v) is 7.58. The van der Waals surface area contributed by atoms with Gasteiger partial charge in [-0.1, -0.05) is 6.08 Å². The van der Waals surface area contributed by atoms with E-state index in [1.54, 1.807) is 0 Å². The fourth-order valence-electron chi connectivity index (χ4n) is 3.74. The third kappa shape index (κ3) is 2.73. The quantitative estimate of drug-likeness (QED) is 0.801. The van der Waals surface area contributed by atoms with E-state index in [2.05, 4.69) is 36.8 Å². The highest BCUT2D eigenvalue weighted by Crippen LogP contribution is 2.34. The van der Waals surface area contributed by atoms with Crippen molar-refractivity contribution in [3.63, 3.8) is 0 Å². The highest BCUT2D eigenvalue weighted by atomic mass is 16.1. The van der Waals surface area contributed by atoms with Crippen LogP contribution in [0.4, 0.5) is 0 Å². The van der Waals surface area contributed by atoms with Crippen molar-refractivity contribution in [2.75, 3.05) is 19.6 Å². The topological polar surface area (TPSA) is 49.6 Å². The van der Waals surface area contributed by atoms with Crippen molar-refractivity contribution in [2.24, 2.45) is 11.7 Å². The Morgan fingerprint density at radius 1 is 1.29 bits per heavy atom. The molecule has 116 valence electrons. The van der Waals surface area contributed by atoms with E-state index in [1.165, 1.54) is 19.4 Å². The summed E-state index contributed by atoms with van der Waals surface area (Å²) in [6.45, 7) is 9.92. The molecular formula is C17H27N3O. The Balaban J connectivity index is 1.74. The molecule has 3 aliphatic rings. The number of hydrogen-bond acceptors (Lipinski definition) is 4. The van der Waals surface area contributed by atoms with Crippen LogP contribution in [-0.2, 0) is 4.79 Å². The molecule has 4 nitrogen and oxygen atoms in total. The zero-order valence-corrected chi connectivity index (χ0v) is 13.4. The molecule has 1 fully saturated rings. The van der Waals surface area contributed by atoms with Gasteiger partial charge in [-0.25, -0.2) is 0 Å². The van der Waals surface area contributed by atoms with Crippen molar-refractivity contribution >= 4 is 5.78 Å². The van der Waals surface area contributed by atoms with Crippen molar-refractivity contribution in [1.29, 1.82) is 0 Å². The van der Waals surface area contributed by atoms with Gasteiger partial charge in [0, 0.05) is 48.6 Å². The number of nitrogens with two attached hydrogens (primary N) is 1. The molecule has 4 heteroatoms. The van der Waals surface area contributed by atoms with Crippen LogP contribution in [0.15, 0.2) is 23.5 Å². The number of rotatable bonds is 1. The number of likely N-dealkylation sites (tertiary alicyclic amines) is 1. The molecule has 0 bridgehead atoms. The molecule has 2 N–H and O–H groups in total. The molecule has 0 saturated carbocycles. The molecule has 0 amide bonds. The van der Waals surface area contributed by atoms with Gasteiger partial charge < -0.3 is 10.6 Å². The highest BCUT2D eigenvalue weighted by Gasteiger charge is 2.38. The summed E-state index contributed by atoms with van der Waals surface area (Å²) in [5.74, 6) is 0.335. The van der Waals surface area contributed by atoms with Crippen molar-refractivity contribution in [2.45, 2.75) is 51.6 Å². The van der Waals surface area contributed by atoms with E-state index in [1.807, 2.05) is 6.08 Å². The lowest BCUT2D eigenvalue weighted by atomic mass is 9.88. The largest absolute Gasteiger partial charge is 0.399 e. The number of nitrogens with zero attached hydrogens (tertiary/aromatic N) is 2. The minimum Gasteiger partial charge on any atom is -0.399 e. The van der Waals surface area contributed by atoms with Crippen LogP contribution >= 0.6 is 0 Å². The molecule has 1 aliphatic carbocycles. The molecule has 2 heterocycles. The fourth-order valence-corrected chi connectivity index (χ4v) is 3.74. The van der Waals surface area contributed by atoms with Crippen LogP contribution < -0.4 is 5.73 Å². The standard InChI is InChI=1S/C17H27N3O/c1-17(2,3)20-8-4-5-12(9-20)19-10-13-14(11-19)16(21)7-6-15(13)18/h6,10,12,14H,4-5,7-9,11,18H2,1-3H3. The second kappa shape index (κ2) is 5.16. The van der Waals surface area contributed by atoms with Crippen LogP contribution in [0.1, 0.15) is 40.0 Å². The van der Waals surface area contributed by atoms with E-state index in [0.29, 0.717) is 18.2 Å². The summed E-state index contributed by atoms with van der Waals surface area (Å²) in [6, 6.07) is 0.511. The minimum atomic E-state index is 0.0139. The Labute approximate surface area is 127 Å². The van der Waals surface area contributed by atoms with Gasteiger partial charge in [-0.15, -0.1) is 0 Å². The Bertz CT molecular complexity index is 501. The number of ketones is 1. The predicted octanol–water partition coefficient (Wildman–Crippen LogP) is 1.88. The van der Waals surface area contributed by atoms with E-state index in [0.717, 1.165) is 24.4 Å². The Kier molecular flexibility index (Phi) is 3.60. The zero-order valence-electron chi connectivity index (χ0n) is 13.4. The lowest BCUT2D eigenvalue weighted by molar-refractivity contribution is -0.121. The van der Waals surface area contributed by atoms with E-state index in [-0.39, 0.29) is 11.5 Å². The van der Waals surface area contributed by atoms with Crippen molar-refractivity contribution in [3.8, 4) is 0 Å². The van der Waals surface area contributed by atoms with E-state index < -0.39 is 0 Å². The molecule has 0 aromatic rings. The Hall–Kier alpha value is -1.29. The first-order chi connectivity index (χ1) is 9.86. The lowest BCUT2D eigenvalue weighted by Crippen LogP contribution is -2.52. The minimum absolute atomic E-state index is 0.0139. The summed E-state index contributed by atoms with van der Waals surface area (Å²) in [5.41, 5.74) is 8.15. The van der Waals surface area contributed by atoms with E-state index in [9.17, 15) is 4.79 Å². The first-order valence-corrected chi connectivity index (χ1v) is 8.07. The molecule has 0 spiro atoms. The first-order valence-electron chi connectivity index (χ1n) is 8.07. The van der Waals surface area contributed by atoms with Gasteiger partial charge in [-0.05, 0) is 40.2 Å².